The number of nitrogens with one attached hydrogen (secondary N) is 3. The zero-order chi connectivity index (χ0) is 27.4. The SMILES string of the molecule is CC(C)C[C@H](NC(=O)CN)C(=O)N[C@H](C(=O)N[C@@H](CCCCN)C(=O)N1CCC[C@H]1C(=O)O)[C@@H](C)O. The number of carbonyl (C=O) groups is 5. The number of nitrogens with zero attached hydrogens (tertiary/aromatic N) is 1. The quantitative estimate of drug-likeness (QED) is 0.120. The molecular formula is C23H42N6O7. The molecule has 0 aliphatic carbocycles. The number of amides is 4. The average Bonchev–Trinajstić information content (AvgIpc) is 3.30. The number of aliphatic hydroxyl groups excluding tert-OH is 1. The van der Waals surface area contributed by atoms with Crippen LogP contribution in [0.4, 0.5) is 0 Å². The number of aliphatic hydroxyl groups is 1. The minimum Gasteiger partial charge on any atom is -0.480 e. The van der Waals surface area contributed by atoms with Crippen LogP contribution in [0.1, 0.15) is 59.3 Å². The second kappa shape index (κ2) is 15.4. The predicted octanol–water partition coefficient (Wildman–Crippen LogP) is -1.97. The summed E-state index contributed by atoms with van der Waals surface area (Å²) in [5.41, 5.74) is 10.9. The van der Waals surface area contributed by atoms with E-state index in [1.807, 2.05) is 13.8 Å². The summed E-state index contributed by atoms with van der Waals surface area (Å²) in [7, 11) is 0. The minimum atomic E-state index is -1.42. The Balaban J connectivity index is 3.04. The van der Waals surface area contributed by atoms with E-state index in [4.69, 9.17) is 11.5 Å². The van der Waals surface area contributed by atoms with Gasteiger partial charge in [-0.15, -0.1) is 0 Å². The van der Waals surface area contributed by atoms with Crippen LogP contribution in [0.3, 0.4) is 0 Å². The Labute approximate surface area is 211 Å². The Morgan fingerprint density at radius 2 is 1.64 bits per heavy atom. The molecule has 0 saturated carbocycles. The first-order valence-corrected chi connectivity index (χ1v) is 12.4. The van der Waals surface area contributed by atoms with Crippen molar-refractivity contribution in [3.8, 4) is 0 Å². The van der Waals surface area contributed by atoms with Crippen LogP contribution in [-0.2, 0) is 24.0 Å². The summed E-state index contributed by atoms with van der Waals surface area (Å²) in [5, 5.41) is 27.2. The minimum absolute atomic E-state index is 0.0323. The molecule has 36 heavy (non-hydrogen) atoms. The Morgan fingerprint density at radius 3 is 2.17 bits per heavy atom. The maximum atomic E-state index is 13.2. The van der Waals surface area contributed by atoms with Gasteiger partial charge in [0.2, 0.25) is 23.6 Å². The molecule has 13 heteroatoms. The molecule has 1 aliphatic rings. The summed E-state index contributed by atoms with van der Waals surface area (Å²) < 4.78 is 0. The molecule has 13 nitrogen and oxygen atoms in total. The van der Waals surface area contributed by atoms with Crippen LogP contribution in [0.25, 0.3) is 0 Å². The van der Waals surface area contributed by atoms with Crippen molar-refractivity contribution in [1.29, 1.82) is 0 Å². The van der Waals surface area contributed by atoms with Crippen molar-refractivity contribution < 1.29 is 34.2 Å². The fraction of sp³-hybridized carbons (Fsp3) is 0.783. The zero-order valence-corrected chi connectivity index (χ0v) is 21.4. The molecule has 1 fully saturated rings. The predicted molar refractivity (Wildman–Crippen MR) is 131 cm³/mol. The number of hydrogen-bond acceptors (Lipinski definition) is 8. The Bertz CT molecular complexity index is 776. The summed E-state index contributed by atoms with van der Waals surface area (Å²) in [6.07, 6.45) is 1.12. The third-order valence-corrected chi connectivity index (χ3v) is 5.99. The second-order valence-electron chi connectivity index (χ2n) is 9.55. The van der Waals surface area contributed by atoms with E-state index >= 15 is 0 Å². The molecule has 0 aromatic rings. The number of nitrogens with two attached hydrogens (primary N) is 2. The maximum Gasteiger partial charge on any atom is 0.326 e. The van der Waals surface area contributed by atoms with Crippen molar-refractivity contribution in [3.63, 3.8) is 0 Å². The Hall–Kier alpha value is -2.77. The summed E-state index contributed by atoms with van der Waals surface area (Å²) in [4.78, 5) is 63.8. The first kappa shape index (κ1) is 31.3. The van der Waals surface area contributed by atoms with Crippen molar-refractivity contribution in [1.82, 2.24) is 20.9 Å². The van der Waals surface area contributed by atoms with E-state index in [0.29, 0.717) is 32.2 Å². The van der Waals surface area contributed by atoms with Crippen molar-refractivity contribution in [3.05, 3.63) is 0 Å². The molecule has 5 atom stereocenters. The third-order valence-electron chi connectivity index (χ3n) is 5.99. The van der Waals surface area contributed by atoms with Gasteiger partial charge in [0.1, 0.15) is 24.2 Å². The van der Waals surface area contributed by atoms with E-state index < -0.39 is 59.9 Å². The van der Waals surface area contributed by atoms with Gasteiger partial charge < -0.3 is 42.5 Å². The van der Waals surface area contributed by atoms with Gasteiger partial charge in [-0.1, -0.05) is 13.8 Å². The first-order valence-electron chi connectivity index (χ1n) is 12.4. The van der Waals surface area contributed by atoms with E-state index in [9.17, 15) is 34.2 Å². The molecule has 0 unspecified atom stereocenters. The van der Waals surface area contributed by atoms with Gasteiger partial charge in [-0.3, -0.25) is 19.2 Å². The molecule has 0 spiro atoms. The second-order valence-corrected chi connectivity index (χ2v) is 9.55. The lowest BCUT2D eigenvalue weighted by Gasteiger charge is -2.30. The monoisotopic (exact) mass is 514 g/mol. The fourth-order valence-corrected chi connectivity index (χ4v) is 4.11. The van der Waals surface area contributed by atoms with Gasteiger partial charge in [-0.25, -0.2) is 4.79 Å². The highest BCUT2D eigenvalue weighted by molar-refractivity contribution is 5.95. The highest BCUT2D eigenvalue weighted by Crippen LogP contribution is 2.20. The lowest BCUT2D eigenvalue weighted by atomic mass is 10.0. The topological polar surface area (TPSA) is 217 Å². The van der Waals surface area contributed by atoms with Crippen LogP contribution < -0.4 is 27.4 Å². The van der Waals surface area contributed by atoms with Crippen LogP contribution in [-0.4, -0.2) is 94.6 Å². The Kier molecular flexibility index (Phi) is 13.3. The maximum absolute atomic E-state index is 13.2. The number of carbonyl (C=O) groups excluding carboxylic acids is 4. The number of rotatable bonds is 15. The molecule has 0 aromatic carbocycles. The highest BCUT2D eigenvalue weighted by Gasteiger charge is 2.39. The molecular weight excluding hydrogens is 472 g/mol. The van der Waals surface area contributed by atoms with Crippen LogP contribution in [0.15, 0.2) is 0 Å². The molecule has 4 amide bonds. The molecule has 9 N–H and O–H groups in total. The lowest BCUT2D eigenvalue weighted by molar-refractivity contribution is -0.149. The molecule has 1 rings (SSSR count). The molecule has 1 aliphatic heterocycles. The van der Waals surface area contributed by atoms with Gasteiger partial charge in [0.15, 0.2) is 0 Å². The van der Waals surface area contributed by atoms with Crippen LogP contribution >= 0.6 is 0 Å². The summed E-state index contributed by atoms with van der Waals surface area (Å²) in [5.74, 6) is -3.64. The molecule has 0 radical (unpaired) electrons. The van der Waals surface area contributed by atoms with Gasteiger partial charge in [-0.05, 0) is 57.9 Å². The van der Waals surface area contributed by atoms with E-state index in [1.54, 1.807) is 0 Å². The number of aliphatic carboxylic acids is 1. The van der Waals surface area contributed by atoms with Crippen molar-refractivity contribution in [2.75, 3.05) is 19.6 Å². The van der Waals surface area contributed by atoms with Crippen LogP contribution in [0.5, 0.6) is 0 Å². The Morgan fingerprint density at radius 1 is 0.972 bits per heavy atom. The average molecular weight is 515 g/mol. The van der Waals surface area contributed by atoms with E-state index in [1.165, 1.54) is 11.8 Å². The first-order chi connectivity index (χ1) is 16.9. The van der Waals surface area contributed by atoms with Gasteiger partial charge in [-0.2, -0.15) is 0 Å². The van der Waals surface area contributed by atoms with Gasteiger partial charge in [0.25, 0.3) is 0 Å². The van der Waals surface area contributed by atoms with Gasteiger partial charge >= 0.3 is 5.97 Å². The molecule has 0 bridgehead atoms. The molecule has 0 aromatic heterocycles. The number of carboxylic acids is 1. The van der Waals surface area contributed by atoms with Crippen molar-refractivity contribution in [2.24, 2.45) is 17.4 Å². The number of unbranched alkanes of at least 4 members (excludes halogenated alkanes) is 1. The fourth-order valence-electron chi connectivity index (χ4n) is 4.11. The smallest absolute Gasteiger partial charge is 0.326 e. The zero-order valence-electron chi connectivity index (χ0n) is 21.4. The summed E-state index contributed by atoms with van der Waals surface area (Å²) in [6.45, 7) is 5.35. The number of likely N-dealkylation sites (tertiary alicyclic amines) is 1. The standard InChI is InChI=1S/C23H42N6O7/c1-13(2)11-16(26-18(31)12-25)20(32)28-19(14(3)30)21(33)27-15(7-4-5-9-24)22(34)29-10-6-8-17(29)23(35)36/h13-17,19,30H,4-12,24-25H2,1-3H3,(H,26,31)(H,27,33)(H,28,32)(H,35,36)/t14-,15+,16+,17+,19+/m1/s1. The van der Waals surface area contributed by atoms with E-state index in [0.717, 1.165) is 0 Å². The highest BCUT2D eigenvalue weighted by atomic mass is 16.4. The lowest BCUT2D eigenvalue weighted by Crippen LogP contribution is -2.60. The summed E-state index contributed by atoms with van der Waals surface area (Å²) >= 11 is 0. The normalized spacial score (nSPS) is 18.8. The van der Waals surface area contributed by atoms with E-state index in [2.05, 4.69) is 16.0 Å². The molecule has 1 saturated heterocycles. The van der Waals surface area contributed by atoms with Gasteiger partial charge in [0, 0.05) is 6.54 Å². The van der Waals surface area contributed by atoms with E-state index in [-0.39, 0.29) is 31.8 Å². The van der Waals surface area contributed by atoms with Crippen molar-refractivity contribution in [2.45, 2.75) is 89.6 Å². The van der Waals surface area contributed by atoms with Crippen LogP contribution in [0.2, 0.25) is 0 Å². The van der Waals surface area contributed by atoms with Crippen LogP contribution in [0, 0.1) is 5.92 Å². The number of hydrogen-bond donors (Lipinski definition) is 7. The largest absolute Gasteiger partial charge is 0.480 e. The number of carboxylic acid groups (broad SMARTS) is 1. The van der Waals surface area contributed by atoms with Gasteiger partial charge in [0.05, 0.1) is 12.6 Å². The molecule has 1 heterocycles. The molecule has 206 valence electrons. The van der Waals surface area contributed by atoms with Crippen molar-refractivity contribution >= 4 is 29.6 Å². The summed E-state index contributed by atoms with van der Waals surface area (Å²) in [6, 6.07) is -4.41. The third kappa shape index (κ3) is 9.70.